The van der Waals surface area contributed by atoms with Crippen LogP contribution in [0.4, 0.5) is 0 Å². The van der Waals surface area contributed by atoms with Gasteiger partial charge in [0.15, 0.2) is 0 Å². The maximum Gasteiger partial charge on any atom is 0.147 e. The van der Waals surface area contributed by atoms with Gasteiger partial charge in [-0.05, 0) is 63.2 Å². The Morgan fingerprint density at radius 1 is 1.00 bits per heavy atom. The first-order valence-electron chi connectivity index (χ1n) is 9.36. The van der Waals surface area contributed by atoms with Crippen molar-refractivity contribution in [1.82, 2.24) is 4.90 Å². The summed E-state index contributed by atoms with van der Waals surface area (Å²) in [4.78, 5) is 2.62. The lowest BCUT2D eigenvalue weighted by Crippen LogP contribution is -2.49. The van der Waals surface area contributed by atoms with Crippen molar-refractivity contribution in [1.29, 1.82) is 0 Å². The summed E-state index contributed by atoms with van der Waals surface area (Å²) in [6, 6.07) is 1.13. The van der Waals surface area contributed by atoms with Crippen molar-refractivity contribution in [3.63, 3.8) is 0 Å². The molecule has 2 fully saturated rings. The lowest BCUT2D eigenvalue weighted by Gasteiger charge is -2.44. The van der Waals surface area contributed by atoms with E-state index < -0.39 is 9.84 Å². The Morgan fingerprint density at radius 2 is 1.48 bits per heavy atom. The number of aliphatic hydroxyl groups is 1. The summed E-state index contributed by atoms with van der Waals surface area (Å²) in [6.45, 7) is 5.29. The minimum Gasteiger partial charge on any atom is -0.393 e. The first-order valence-corrected chi connectivity index (χ1v) is 11.4. The summed E-state index contributed by atoms with van der Waals surface area (Å²) in [7, 11) is -2.91. The summed E-state index contributed by atoms with van der Waals surface area (Å²) in [5.74, 6) is 1.29. The molecule has 0 radical (unpaired) electrons. The molecule has 136 valence electrons. The molecular formula is C18H35NO3S. The van der Waals surface area contributed by atoms with E-state index in [0.29, 0.717) is 12.1 Å². The molecule has 0 aromatic rings. The highest BCUT2D eigenvalue weighted by Gasteiger charge is 2.32. The topological polar surface area (TPSA) is 57.6 Å². The summed E-state index contributed by atoms with van der Waals surface area (Å²) in [5.41, 5.74) is 0. The molecule has 1 N–H and O–H groups in total. The Kier molecular flexibility index (Phi) is 6.93. The normalized spacial score (nSPS) is 34.5. The fourth-order valence-corrected chi connectivity index (χ4v) is 5.63. The van der Waals surface area contributed by atoms with Gasteiger partial charge in [-0.2, -0.15) is 0 Å². The number of nitrogens with zero attached hydrogens (tertiary/aromatic N) is 1. The molecule has 2 aliphatic carbocycles. The zero-order valence-electron chi connectivity index (χ0n) is 15.1. The average Bonchev–Trinajstić information content (AvgIpc) is 2.45. The van der Waals surface area contributed by atoms with E-state index in [9.17, 15) is 13.5 Å². The zero-order valence-corrected chi connectivity index (χ0v) is 15.9. The molecule has 0 aromatic heterocycles. The van der Waals surface area contributed by atoms with Gasteiger partial charge in [-0.25, -0.2) is 8.42 Å². The summed E-state index contributed by atoms with van der Waals surface area (Å²) in [5, 5.41) is 9.79. The Labute approximate surface area is 142 Å². The average molecular weight is 346 g/mol. The van der Waals surface area contributed by atoms with E-state index in [1.807, 2.05) is 0 Å². The predicted molar refractivity (Wildman–Crippen MR) is 95.3 cm³/mol. The van der Waals surface area contributed by atoms with E-state index in [1.165, 1.54) is 31.9 Å². The van der Waals surface area contributed by atoms with Crippen LogP contribution in [0.3, 0.4) is 0 Å². The van der Waals surface area contributed by atoms with Crippen LogP contribution in [0.2, 0.25) is 0 Å². The summed E-state index contributed by atoms with van der Waals surface area (Å²) in [6.07, 6.45) is 10.2. The van der Waals surface area contributed by atoms with Crippen molar-refractivity contribution in [2.24, 2.45) is 11.8 Å². The molecule has 2 saturated carbocycles. The third-order valence-corrected chi connectivity index (χ3v) is 6.87. The maximum absolute atomic E-state index is 11.6. The highest BCUT2D eigenvalue weighted by molar-refractivity contribution is 7.90. The molecule has 0 unspecified atom stereocenters. The van der Waals surface area contributed by atoms with Gasteiger partial charge >= 0.3 is 0 Å². The standard InChI is InChI=1S/C18H35NO3S/c1-14-4-6-16(7-5-14)19(12-15(2)13-23(3,21)22)17-8-10-18(20)11-9-17/h14-18,20H,4-13H2,1-3H3/t14?,15-,16?,17?,18?/m0/s1. The summed E-state index contributed by atoms with van der Waals surface area (Å²) < 4.78 is 23.2. The van der Waals surface area contributed by atoms with Gasteiger partial charge in [0.2, 0.25) is 0 Å². The van der Waals surface area contributed by atoms with Crippen LogP contribution < -0.4 is 0 Å². The quantitative estimate of drug-likeness (QED) is 0.804. The Morgan fingerprint density at radius 3 is 1.96 bits per heavy atom. The minimum atomic E-state index is -2.91. The van der Waals surface area contributed by atoms with Crippen LogP contribution in [0.25, 0.3) is 0 Å². The van der Waals surface area contributed by atoms with E-state index in [-0.39, 0.29) is 17.8 Å². The Bertz CT molecular complexity index is 427. The third-order valence-electron chi connectivity index (χ3n) is 5.70. The molecule has 0 heterocycles. The van der Waals surface area contributed by atoms with Crippen LogP contribution in [0.1, 0.15) is 65.2 Å². The van der Waals surface area contributed by atoms with Gasteiger partial charge in [-0.1, -0.05) is 13.8 Å². The van der Waals surface area contributed by atoms with E-state index in [2.05, 4.69) is 18.7 Å². The molecule has 0 amide bonds. The van der Waals surface area contributed by atoms with Crippen LogP contribution in [-0.2, 0) is 9.84 Å². The predicted octanol–water partition coefficient (Wildman–Crippen LogP) is 2.85. The van der Waals surface area contributed by atoms with E-state index >= 15 is 0 Å². The highest BCUT2D eigenvalue weighted by atomic mass is 32.2. The number of hydrogen-bond donors (Lipinski definition) is 1. The molecule has 0 spiro atoms. The van der Waals surface area contributed by atoms with Crippen molar-refractivity contribution in [3.8, 4) is 0 Å². The van der Waals surface area contributed by atoms with Gasteiger partial charge < -0.3 is 5.11 Å². The minimum absolute atomic E-state index is 0.132. The molecule has 0 aliphatic heterocycles. The lowest BCUT2D eigenvalue weighted by molar-refractivity contribution is 0.0299. The van der Waals surface area contributed by atoms with Gasteiger partial charge in [0, 0.05) is 24.9 Å². The van der Waals surface area contributed by atoms with Gasteiger partial charge in [-0.15, -0.1) is 0 Å². The maximum atomic E-state index is 11.6. The zero-order chi connectivity index (χ0) is 17.0. The molecule has 2 aliphatic rings. The van der Waals surface area contributed by atoms with Gasteiger partial charge in [0.05, 0.1) is 11.9 Å². The largest absolute Gasteiger partial charge is 0.393 e. The van der Waals surface area contributed by atoms with Crippen LogP contribution >= 0.6 is 0 Å². The molecule has 4 nitrogen and oxygen atoms in total. The van der Waals surface area contributed by atoms with Gasteiger partial charge in [0.25, 0.3) is 0 Å². The summed E-state index contributed by atoms with van der Waals surface area (Å²) >= 11 is 0. The molecule has 0 aromatic carbocycles. The second kappa shape index (κ2) is 8.30. The van der Waals surface area contributed by atoms with Crippen LogP contribution in [0, 0.1) is 11.8 Å². The SMILES string of the molecule is CC1CCC(N(C[C@H](C)CS(C)(=O)=O)C2CCC(O)CC2)CC1. The fourth-order valence-electron chi connectivity index (χ4n) is 4.49. The van der Waals surface area contributed by atoms with Gasteiger partial charge in [0.1, 0.15) is 9.84 Å². The third kappa shape index (κ3) is 6.35. The smallest absolute Gasteiger partial charge is 0.147 e. The highest BCUT2D eigenvalue weighted by Crippen LogP contribution is 2.33. The van der Waals surface area contributed by atoms with E-state index in [0.717, 1.165) is 38.1 Å². The number of rotatable bonds is 6. The second-order valence-electron chi connectivity index (χ2n) is 8.27. The monoisotopic (exact) mass is 345 g/mol. The van der Waals surface area contributed by atoms with Gasteiger partial charge in [-0.3, -0.25) is 4.90 Å². The molecule has 0 bridgehead atoms. The fraction of sp³-hybridized carbons (Fsp3) is 1.00. The number of sulfone groups is 1. The van der Waals surface area contributed by atoms with Crippen molar-refractivity contribution in [3.05, 3.63) is 0 Å². The van der Waals surface area contributed by atoms with E-state index in [4.69, 9.17) is 0 Å². The molecule has 1 atom stereocenters. The van der Waals surface area contributed by atoms with Crippen molar-refractivity contribution < 1.29 is 13.5 Å². The molecule has 5 heteroatoms. The number of hydrogen-bond acceptors (Lipinski definition) is 4. The first kappa shape index (κ1) is 19.2. The molecular weight excluding hydrogens is 310 g/mol. The van der Waals surface area contributed by atoms with Crippen LogP contribution in [0.15, 0.2) is 0 Å². The van der Waals surface area contributed by atoms with Crippen LogP contribution in [-0.4, -0.2) is 55.2 Å². The number of aliphatic hydroxyl groups excluding tert-OH is 1. The molecule has 2 rings (SSSR count). The van der Waals surface area contributed by atoms with Crippen molar-refractivity contribution in [2.45, 2.75) is 83.4 Å². The first-order chi connectivity index (χ1) is 10.7. The molecule has 23 heavy (non-hydrogen) atoms. The van der Waals surface area contributed by atoms with Crippen molar-refractivity contribution >= 4 is 9.84 Å². The Hall–Kier alpha value is -0.130. The second-order valence-corrected chi connectivity index (χ2v) is 10.5. The van der Waals surface area contributed by atoms with Crippen molar-refractivity contribution in [2.75, 3.05) is 18.6 Å². The van der Waals surface area contributed by atoms with Crippen LogP contribution in [0.5, 0.6) is 0 Å². The van der Waals surface area contributed by atoms with E-state index in [1.54, 1.807) is 0 Å². The lowest BCUT2D eigenvalue weighted by atomic mass is 9.83. The Balaban J connectivity index is 2.01. The molecule has 0 saturated heterocycles.